The molecule has 0 saturated carbocycles. The van der Waals surface area contributed by atoms with E-state index in [1.807, 2.05) is 6.07 Å². The SMILES string of the molecule is Cc1noc(C)c1S(=O)(=O)N1CCN(C(=O)Cc2ccc3c(c2)CCC3)CC1. The van der Waals surface area contributed by atoms with Gasteiger partial charge in [-0.15, -0.1) is 0 Å². The summed E-state index contributed by atoms with van der Waals surface area (Å²) < 4.78 is 32.2. The first-order chi connectivity index (χ1) is 13.4. The number of sulfonamides is 1. The van der Waals surface area contributed by atoms with Gasteiger partial charge < -0.3 is 9.42 Å². The number of aryl methyl sites for hydroxylation is 4. The standard InChI is InChI=1S/C20H25N3O4S/c1-14-20(15(2)27-21-14)28(25,26)23-10-8-22(9-11-23)19(24)13-16-6-7-17-4-3-5-18(17)12-16/h6-7,12H,3-5,8-11,13H2,1-2H3. The first kappa shape index (κ1) is 19.1. The van der Waals surface area contributed by atoms with Crippen LogP contribution in [-0.4, -0.2) is 54.9 Å². The zero-order valence-electron chi connectivity index (χ0n) is 16.3. The van der Waals surface area contributed by atoms with Crippen LogP contribution in [-0.2, 0) is 34.1 Å². The van der Waals surface area contributed by atoms with E-state index in [-0.39, 0.29) is 23.9 Å². The van der Waals surface area contributed by atoms with E-state index < -0.39 is 10.0 Å². The lowest BCUT2D eigenvalue weighted by molar-refractivity contribution is -0.131. The Balaban J connectivity index is 1.39. The highest BCUT2D eigenvalue weighted by atomic mass is 32.2. The molecular formula is C20H25N3O4S. The molecule has 7 nitrogen and oxygen atoms in total. The maximum absolute atomic E-state index is 12.9. The Hall–Kier alpha value is -2.19. The third-order valence-corrected chi connectivity index (χ3v) is 7.82. The summed E-state index contributed by atoms with van der Waals surface area (Å²) in [7, 11) is -3.66. The number of hydrogen-bond donors (Lipinski definition) is 0. The molecule has 1 fully saturated rings. The number of carbonyl (C=O) groups excluding carboxylic acids is 1. The number of benzene rings is 1. The van der Waals surface area contributed by atoms with E-state index in [1.54, 1.807) is 18.7 Å². The molecule has 0 radical (unpaired) electrons. The molecule has 2 aliphatic rings. The van der Waals surface area contributed by atoms with Gasteiger partial charge in [-0.05, 0) is 49.8 Å². The van der Waals surface area contributed by atoms with Crippen LogP contribution in [0, 0.1) is 13.8 Å². The number of nitrogens with zero attached hydrogens (tertiary/aromatic N) is 3. The molecule has 0 atom stereocenters. The van der Waals surface area contributed by atoms with Crippen molar-refractivity contribution in [1.29, 1.82) is 0 Å². The fourth-order valence-corrected chi connectivity index (χ4v) is 5.88. The van der Waals surface area contributed by atoms with Gasteiger partial charge >= 0.3 is 0 Å². The minimum Gasteiger partial charge on any atom is -0.360 e. The molecule has 0 bridgehead atoms. The van der Waals surface area contributed by atoms with Crippen LogP contribution in [0.3, 0.4) is 0 Å². The van der Waals surface area contributed by atoms with Gasteiger partial charge in [-0.2, -0.15) is 4.31 Å². The molecule has 1 saturated heterocycles. The van der Waals surface area contributed by atoms with E-state index in [0.29, 0.717) is 31.0 Å². The number of carbonyl (C=O) groups is 1. The van der Waals surface area contributed by atoms with Gasteiger partial charge in [0.25, 0.3) is 0 Å². The Kier molecular flexibility index (Phi) is 5.01. The normalized spacial score (nSPS) is 17.7. The molecule has 8 heteroatoms. The van der Waals surface area contributed by atoms with E-state index in [9.17, 15) is 13.2 Å². The molecule has 1 aliphatic heterocycles. The van der Waals surface area contributed by atoms with Gasteiger partial charge in [0.1, 0.15) is 10.6 Å². The number of hydrogen-bond acceptors (Lipinski definition) is 5. The molecule has 1 aromatic carbocycles. The topological polar surface area (TPSA) is 83.7 Å². The number of rotatable bonds is 4. The molecule has 1 aromatic heterocycles. The Morgan fingerprint density at radius 2 is 1.82 bits per heavy atom. The molecule has 0 spiro atoms. The van der Waals surface area contributed by atoms with E-state index in [0.717, 1.165) is 18.4 Å². The van der Waals surface area contributed by atoms with Gasteiger partial charge in [-0.3, -0.25) is 4.79 Å². The highest BCUT2D eigenvalue weighted by Gasteiger charge is 2.34. The highest BCUT2D eigenvalue weighted by molar-refractivity contribution is 7.89. The summed E-state index contributed by atoms with van der Waals surface area (Å²) in [4.78, 5) is 14.6. The zero-order chi connectivity index (χ0) is 19.9. The molecule has 1 amide bonds. The van der Waals surface area contributed by atoms with Crippen LogP contribution in [0.5, 0.6) is 0 Å². The van der Waals surface area contributed by atoms with Crippen molar-refractivity contribution >= 4 is 15.9 Å². The van der Waals surface area contributed by atoms with Gasteiger partial charge in [0, 0.05) is 26.2 Å². The third kappa shape index (κ3) is 3.46. The van der Waals surface area contributed by atoms with Crippen LogP contribution < -0.4 is 0 Å². The van der Waals surface area contributed by atoms with Crippen molar-refractivity contribution in [3.05, 3.63) is 46.3 Å². The maximum atomic E-state index is 12.9. The van der Waals surface area contributed by atoms with Crippen molar-refractivity contribution in [2.45, 2.75) is 44.4 Å². The summed E-state index contributed by atoms with van der Waals surface area (Å²) in [5, 5.41) is 3.75. The molecule has 0 unspecified atom stereocenters. The van der Waals surface area contributed by atoms with Gasteiger partial charge in [0.05, 0.1) is 6.42 Å². The predicted molar refractivity (Wildman–Crippen MR) is 103 cm³/mol. The summed E-state index contributed by atoms with van der Waals surface area (Å²) in [5.41, 5.74) is 4.17. The fourth-order valence-electron chi connectivity index (χ4n) is 4.17. The molecule has 150 valence electrons. The van der Waals surface area contributed by atoms with Crippen LogP contribution in [0.2, 0.25) is 0 Å². The minimum atomic E-state index is -3.66. The van der Waals surface area contributed by atoms with Crippen LogP contribution in [0.15, 0.2) is 27.6 Å². The summed E-state index contributed by atoms with van der Waals surface area (Å²) in [5.74, 6) is 0.347. The highest BCUT2D eigenvalue weighted by Crippen LogP contribution is 2.25. The Morgan fingerprint density at radius 3 is 2.50 bits per heavy atom. The quantitative estimate of drug-likeness (QED) is 0.778. The van der Waals surface area contributed by atoms with E-state index in [1.165, 1.54) is 21.9 Å². The Labute approximate surface area is 165 Å². The second kappa shape index (κ2) is 7.33. The van der Waals surface area contributed by atoms with Gasteiger partial charge in [-0.25, -0.2) is 8.42 Å². The van der Waals surface area contributed by atoms with Crippen LogP contribution >= 0.6 is 0 Å². The number of fused-ring (bicyclic) bond motifs is 1. The molecule has 2 heterocycles. The molecule has 1 aliphatic carbocycles. The van der Waals surface area contributed by atoms with Crippen LogP contribution in [0.4, 0.5) is 0 Å². The van der Waals surface area contributed by atoms with Gasteiger partial charge in [-0.1, -0.05) is 23.4 Å². The second-order valence-electron chi connectivity index (χ2n) is 7.57. The number of piperazine rings is 1. The summed E-state index contributed by atoms with van der Waals surface area (Å²) in [6, 6.07) is 6.33. The third-order valence-electron chi connectivity index (χ3n) is 5.68. The Bertz CT molecular complexity index is 985. The van der Waals surface area contributed by atoms with E-state index in [2.05, 4.69) is 17.3 Å². The second-order valence-corrected chi connectivity index (χ2v) is 9.45. The van der Waals surface area contributed by atoms with Crippen LogP contribution in [0.1, 0.15) is 34.6 Å². The van der Waals surface area contributed by atoms with Gasteiger partial charge in [0.15, 0.2) is 5.76 Å². The smallest absolute Gasteiger partial charge is 0.248 e. The first-order valence-corrected chi connectivity index (χ1v) is 11.1. The van der Waals surface area contributed by atoms with Gasteiger partial charge in [0.2, 0.25) is 15.9 Å². The molecular weight excluding hydrogens is 378 g/mol. The summed E-state index contributed by atoms with van der Waals surface area (Å²) in [6.45, 7) is 4.58. The lowest BCUT2D eigenvalue weighted by Gasteiger charge is -2.34. The fraction of sp³-hybridized carbons (Fsp3) is 0.500. The average Bonchev–Trinajstić information content (AvgIpc) is 3.27. The Morgan fingerprint density at radius 1 is 1.11 bits per heavy atom. The molecule has 4 rings (SSSR count). The molecule has 0 N–H and O–H groups in total. The van der Waals surface area contributed by atoms with Crippen LogP contribution in [0.25, 0.3) is 0 Å². The number of aromatic nitrogens is 1. The predicted octanol–water partition coefficient (Wildman–Crippen LogP) is 1.86. The van der Waals surface area contributed by atoms with Crippen molar-refractivity contribution in [1.82, 2.24) is 14.4 Å². The summed E-state index contributed by atoms with van der Waals surface area (Å²) in [6.07, 6.45) is 3.78. The summed E-state index contributed by atoms with van der Waals surface area (Å²) >= 11 is 0. The number of amides is 1. The van der Waals surface area contributed by atoms with Crippen molar-refractivity contribution in [2.24, 2.45) is 0 Å². The lowest BCUT2D eigenvalue weighted by Crippen LogP contribution is -2.51. The zero-order valence-corrected chi connectivity index (χ0v) is 17.1. The molecule has 28 heavy (non-hydrogen) atoms. The van der Waals surface area contributed by atoms with E-state index in [4.69, 9.17) is 4.52 Å². The van der Waals surface area contributed by atoms with Crippen molar-refractivity contribution < 1.29 is 17.7 Å². The minimum absolute atomic E-state index is 0.0485. The lowest BCUT2D eigenvalue weighted by atomic mass is 10.0. The first-order valence-electron chi connectivity index (χ1n) is 9.68. The maximum Gasteiger partial charge on any atom is 0.248 e. The van der Waals surface area contributed by atoms with E-state index >= 15 is 0 Å². The van der Waals surface area contributed by atoms with Crippen molar-refractivity contribution in [3.8, 4) is 0 Å². The average molecular weight is 404 g/mol. The molecule has 2 aromatic rings. The van der Waals surface area contributed by atoms with Crippen molar-refractivity contribution in [2.75, 3.05) is 26.2 Å². The monoisotopic (exact) mass is 403 g/mol. The van der Waals surface area contributed by atoms with Crippen molar-refractivity contribution in [3.63, 3.8) is 0 Å². The largest absolute Gasteiger partial charge is 0.360 e.